The molecule has 2 aromatic heterocycles. The number of hydrogen-bond donors (Lipinski definition) is 1. The van der Waals surface area contributed by atoms with E-state index in [1.807, 2.05) is 19.9 Å². The molecule has 27 heavy (non-hydrogen) atoms. The number of hydrogen-bond acceptors (Lipinski definition) is 8. The Morgan fingerprint density at radius 2 is 2.00 bits per heavy atom. The number of ether oxygens (including phenoxy) is 1. The van der Waals surface area contributed by atoms with Gasteiger partial charge in [-0.05, 0) is 26.8 Å². The number of carbonyl (C=O) groups is 1. The zero-order chi connectivity index (χ0) is 19.4. The molecular weight excluding hydrogens is 348 g/mol. The minimum atomic E-state index is -0.426. The zero-order valence-electron chi connectivity index (χ0n) is 16.1. The standard InChI is InChI=1S/C18H26N6O3/c1-4-27-17(26)15-12-19-18(24-14(3)11-13(2)21-24)20-16(15)23-7-5-22(6-8-23)9-10-25/h11-12,25H,4-10H2,1-3H3. The van der Waals surface area contributed by atoms with Gasteiger partial charge in [0.2, 0.25) is 0 Å². The van der Waals surface area contributed by atoms with E-state index in [0.717, 1.165) is 24.5 Å². The summed E-state index contributed by atoms with van der Waals surface area (Å²) in [6, 6.07) is 1.95. The first-order valence-electron chi connectivity index (χ1n) is 9.19. The van der Waals surface area contributed by atoms with Gasteiger partial charge < -0.3 is 14.7 Å². The molecule has 1 aliphatic heterocycles. The summed E-state index contributed by atoms with van der Waals surface area (Å²) in [7, 11) is 0. The van der Waals surface area contributed by atoms with Crippen LogP contribution in [0.5, 0.6) is 0 Å². The topological polar surface area (TPSA) is 96.6 Å². The highest BCUT2D eigenvalue weighted by atomic mass is 16.5. The molecule has 0 unspecified atom stereocenters. The highest BCUT2D eigenvalue weighted by Crippen LogP contribution is 2.22. The number of esters is 1. The number of β-amino-alcohol motifs (C(OH)–C–C–N with tert-alkyl or cyclic N) is 1. The molecule has 3 heterocycles. The third kappa shape index (κ3) is 4.25. The lowest BCUT2D eigenvalue weighted by molar-refractivity contribution is 0.0526. The van der Waals surface area contributed by atoms with E-state index in [-0.39, 0.29) is 6.61 Å². The monoisotopic (exact) mass is 374 g/mol. The number of anilines is 1. The quantitative estimate of drug-likeness (QED) is 0.733. The number of rotatable bonds is 6. The predicted molar refractivity (Wildman–Crippen MR) is 100 cm³/mol. The van der Waals surface area contributed by atoms with Gasteiger partial charge in [-0.3, -0.25) is 4.90 Å². The van der Waals surface area contributed by atoms with Crippen LogP contribution >= 0.6 is 0 Å². The van der Waals surface area contributed by atoms with E-state index >= 15 is 0 Å². The van der Waals surface area contributed by atoms with Crippen LogP contribution < -0.4 is 4.90 Å². The summed E-state index contributed by atoms with van der Waals surface area (Å²) < 4.78 is 6.86. The Balaban J connectivity index is 1.94. The Morgan fingerprint density at radius 1 is 1.26 bits per heavy atom. The van der Waals surface area contributed by atoms with Crippen molar-refractivity contribution in [2.24, 2.45) is 0 Å². The summed E-state index contributed by atoms with van der Waals surface area (Å²) in [5, 5.41) is 13.6. The van der Waals surface area contributed by atoms with E-state index in [9.17, 15) is 4.79 Å². The third-order valence-electron chi connectivity index (χ3n) is 4.54. The minimum absolute atomic E-state index is 0.143. The fourth-order valence-electron chi connectivity index (χ4n) is 3.22. The molecule has 0 atom stereocenters. The number of aromatic nitrogens is 4. The molecule has 1 aliphatic rings. The van der Waals surface area contributed by atoms with Crippen molar-refractivity contribution in [1.82, 2.24) is 24.6 Å². The Hall–Kier alpha value is -2.52. The second kappa shape index (κ2) is 8.45. The molecule has 146 valence electrons. The summed E-state index contributed by atoms with van der Waals surface area (Å²) in [6.45, 7) is 9.72. The van der Waals surface area contributed by atoms with Crippen molar-refractivity contribution in [3.63, 3.8) is 0 Å². The largest absolute Gasteiger partial charge is 0.462 e. The molecular formula is C18H26N6O3. The fourth-order valence-corrected chi connectivity index (χ4v) is 3.22. The first kappa shape index (κ1) is 19.2. The van der Waals surface area contributed by atoms with Crippen LogP contribution in [0, 0.1) is 13.8 Å². The number of aliphatic hydroxyl groups is 1. The van der Waals surface area contributed by atoms with Crippen molar-refractivity contribution >= 4 is 11.8 Å². The van der Waals surface area contributed by atoms with Crippen molar-refractivity contribution in [2.45, 2.75) is 20.8 Å². The van der Waals surface area contributed by atoms with Gasteiger partial charge in [0, 0.05) is 44.6 Å². The third-order valence-corrected chi connectivity index (χ3v) is 4.54. The predicted octanol–water partition coefficient (Wildman–Crippen LogP) is 0.570. The lowest BCUT2D eigenvalue weighted by atomic mass is 10.2. The fraction of sp³-hybridized carbons (Fsp3) is 0.556. The molecule has 0 saturated carbocycles. The number of carbonyl (C=O) groups excluding carboxylic acids is 1. The lowest BCUT2D eigenvalue weighted by Crippen LogP contribution is -2.48. The van der Waals surface area contributed by atoms with Crippen LogP contribution in [0.2, 0.25) is 0 Å². The zero-order valence-corrected chi connectivity index (χ0v) is 16.1. The van der Waals surface area contributed by atoms with Gasteiger partial charge in [-0.25, -0.2) is 14.5 Å². The van der Waals surface area contributed by atoms with E-state index in [4.69, 9.17) is 9.84 Å². The van der Waals surface area contributed by atoms with Crippen LogP contribution in [-0.4, -0.2) is 81.7 Å². The maximum Gasteiger partial charge on any atom is 0.343 e. The van der Waals surface area contributed by atoms with Gasteiger partial charge in [0.25, 0.3) is 5.95 Å². The van der Waals surface area contributed by atoms with Gasteiger partial charge in [-0.2, -0.15) is 10.1 Å². The molecule has 9 heteroatoms. The Labute approximate surface area is 158 Å². The Morgan fingerprint density at radius 3 is 2.59 bits per heavy atom. The van der Waals surface area contributed by atoms with E-state index < -0.39 is 5.97 Å². The molecule has 1 fully saturated rings. The normalized spacial score (nSPS) is 15.2. The first-order chi connectivity index (χ1) is 13.0. The lowest BCUT2D eigenvalue weighted by Gasteiger charge is -2.35. The highest BCUT2D eigenvalue weighted by Gasteiger charge is 2.25. The van der Waals surface area contributed by atoms with Crippen molar-refractivity contribution in [3.05, 3.63) is 29.2 Å². The van der Waals surface area contributed by atoms with Crippen molar-refractivity contribution in [1.29, 1.82) is 0 Å². The van der Waals surface area contributed by atoms with Gasteiger partial charge in [0.05, 0.1) is 18.9 Å². The maximum atomic E-state index is 12.4. The van der Waals surface area contributed by atoms with Crippen LogP contribution in [0.25, 0.3) is 5.95 Å². The van der Waals surface area contributed by atoms with Crippen LogP contribution in [0.15, 0.2) is 12.3 Å². The molecule has 1 N–H and O–H groups in total. The SMILES string of the molecule is CCOC(=O)c1cnc(-n2nc(C)cc2C)nc1N1CCN(CCO)CC1. The molecule has 0 aliphatic carbocycles. The first-order valence-corrected chi connectivity index (χ1v) is 9.19. The molecule has 0 bridgehead atoms. The Bertz CT molecular complexity index is 798. The summed E-state index contributed by atoms with van der Waals surface area (Å²) in [6.07, 6.45) is 1.52. The number of piperazine rings is 1. The van der Waals surface area contributed by atoms with Crippen molar-refractivity contribution < 1.29 is 14.6 Å². The Kier molecular flexibility index (Phi) is 6.02. The smallest absolute Gasteiger partial charge is 0.343 e. The average Bonchev–Trinajstić information content (AvgIpc) is 3.00. The number of aryl methyl sites for hydroxylation is 2. The summed E-state index contributed by atoms with van der Waals surface area (Å²) in [5.74, 6) is 0.571. The molecule has 0 amide bonds. The van der Waals surface area contributed by atoms with Gasteiger partial charge in [0.15, 0.2) is 0 Å². The van der Waals surface area contributed by atoms with Crippen LogP contribution in [0.1, 0.15) is 28.7 Å². The molecule has 2 aromatic rings. The second-order valence-electron chi connectivity index (χ2n) is 6.52. The van der Waals surface area contributed by atoms with Crippen molar-refractivity contribution in [2.75, 3.05) is 50.8 Å². The summed E-state index contributed by atoms with van der Waals surface area (Å²) in [5.41, 5.74) is 2.16. The van der Waals surface area contributed by atoms with Crippen molar-refractivity contribution in [3.8, 4) is 5.95 Å². The van der Waals surface area contributed by atoms with Gasteiger partial charge >= 0.3 is 5.97 Å². The van der Waals surface area contributed by atoms with E-state index in [0.29, 0.717) is 43.6 Å². The highest BCUT2D eigenvalue weighted by molar-refractivity contribution is 5.94. The van der Waals surface area contributed by atoms with E-state index in [1.165, 1.54) is 6.20 Å². The van der Waals surface area contributed by atoms with Gasteiger partial charge in [-0.1, -0.05) is 0 Å². The van der Waals surface area contributed by atoms with Gasteiger partial charge in [0.1, 0.15) is 11.4 Å². The number of aliphatic hydroxyl groups excluding tert-OH is 1. The maximum absolute atomic E-state index is 12.4. The second-order valence-corrected chi connectivity index (χ2v) is 6.52. The summed E-state index contributed by atoms with van der Waals surface area (Å²) in [4.78, 5) is 25.7. The molecule has 0 spiro atoms. The summed E-state index contributed by atoms with van der Waals surface area (Å²) >= 11 is 0. The van der Waals surface area contributed by atoms with Crippen LogP contribution in [0.4, 0.5) is 5.82 Å². The van der Waals surface area contributed by atoms with Gasteiger partial charge in [-0.15, -0.1) is 0 Å². The van der Waals surface area contributed by atoms with Crippen LogP contribution in [-0.2, 0) is 4.74 Å². The number of nitrogens with zero attached hydrogens (tertiary/aromatic N) is 6. The molecule has 0 radical (unpaired) electrons. The van der Waals surface area contributed by atoms with Crippen LogP contribution in [0.3, 0.4) is 0 Å². The molecule has 3 rings (SSSR count). The minimum Gasteiger partial charge on any atom is -0.462 e. The average molecular weight is 374 g/mol. The van der Waals surface area contributed by atoms with E-state index in [2.05, 4.69) is 24.9 Å². The molecule has 1 saturated heterocycles. The molecule has 0 aromatic carbocycles. The molecule has 9 nitrogen and oxygen atoms in total. The van der Waals surface area contributed by atoms with E-state index in [1.54, 1.807) is 11.6 Å².